The van der Waals surface area contributed by atoms with Gasteiger partial charge in [0.15, 0.2) is 0 Å². The molecule has 0 saturated heterocycles. The van der Waals surface area contributed by atoms with Crippen molar-refractivity contribution in [2.24, 2.45) is 0 Å². The Hall–Kier alpha value is -0.400. The van der Waals surface area contributed by atoms with Crippen LogP contribution in [0.5, 0.6) is 0 Å². The molecule has 0 aliphatic heterocycles. The highest BCUT2D eigenvalue weighted by molar-refractivity contribution is 5.12. The van der Waals surface area contributed by atoms with Gasteiger partial charge in [0, 0.05) is 0 Å². The Labute approximate surface area is 93.7 Å². The van der Waals surface area contributed by atoms with Crippen LogP contribution in [0.2, 0.25) is 0 Å². The van der Waals surface area contributed by atoms with E-state index in [1.165, 1.54) is 0 Å². The molecule has 0 atom stereocenters. The van der Waals surface area contributed by atoms with Gasteiger partial charge in [-0.3, -0.25) is 0 Å². The fourth-order valence-corrected chi connectivity index (χ4v) is 3.11. The summed E-state index contributed by atoms with van der Waals surface area (Å²) in [6.07, 6.45) is 0.659. The Kier molecular flexibility index (Phi) is 4.30. The van der Waals surface area contributed by atoms with E-state index < -0.39 is 53.9 Å². The van der Waals surface area contributed by atoms with E-state index in [1.54, 1.807) is 6.92 Å². The summed E-state index contributed by atoms with van der Waals surface area (Å²) in [6.45, 7) is 1.78. The highest BCUT2D eigenvalue weighted by Crippen LogP contribution is 2.17. The fourth-order valence-electron chi connectivity index (χ4n) is 0.884. The van der Waals surface area contributed by atoms with Gasteiger partial charge >= 0.3 is 21.2 Å². The molecule has 1 aromatic carbocycles. The molecule has 84 valence electrons. The minimum Gasteiger partial charge on any atom is -0.200 e. The largest absolute Gasteiger partial charge is 0.319 e. The number of rotatable bonds is 3. The van der Waals surface area contributed by atoms with Gasteiger partial charge in [0.25, 0.3) is 3.57 Å². The third-order valence-electron chi connectivity index (χ3n) is 1.57. The number of hydrogen-bond donors (Lipinski definition) is 0. The van der Waals surface area contributed by atoms with Crippen LogP contribution in [-0.4, -0.2) is 4.43 Å². The first kappa shape index (κ1) is 12.7. The van der Waals surface area contributed by atoms with Gasteiger partial charge in [0.2, 0.25) is 29.1 Å². The van der Waals surface area contributed by atoms with Gasteiger partial charge in [0.1, 0.15) is 4.43 Å². The molecular weight excluding hydrogens is 330 g/mol. The third kappa shape index (κ3) is 2.40. The second-order valence-corrected chi connectivity index (χ2v) is 5.63. The van der Waals surface area contributed by atoms with Crippen molar-refractivity contribution in [3.63, 3.8) is 0 Å². The summed E-state index contributed by atoms with van der Waals surface area (Å²) >= 11 is -1.16. The van der Waals surface area contributed by atoms with E-state index in [0.29, 0.717) is 10.8 Å². The van der Waals surface area contributed by atoms with Gasteiger partial charge in [0.05, 0.1) is 0 Å². The van der Waals surface area contributed by atoms with Crippen molar-refractivity contribution < 1.29 is 43.2 Å². The van der Waals surface area contributed by atoms with Gasteiger partial charge in [-0.15, -0.1) is 0 Å². The zero-order valence-corrected chi connectivity index (χ0v) is 9.84. The molecule has 0 heterocycles. The lowest BCUT2D eigenvalue weighted by Crippen LogP contribution is -3.63. The van der Waals surface area contributed by atoms with E-state index in [0.717, 1.165) is 0 Å². The van der Waals surface area contributed by atoms with Crippen LogP contribution in [0.3, 0.4) is 0 Å². The van der Waals surface area contributed by atoms with Crippen molar-refractivity contribution in [3.05, 3.63) is 32.7 Å². The molecule has 0 saturated carbocycles. The zero-order valence-electron chi connectivity index (χ0n) is 7.68. The Morgan fingerprint density at radius 1 is 0.800 bits per heavy atom. The molecule has 0 aliphatic carbocycles. The van der Waals surface area contributed by atoms with Crippen molar-refractivity contribution in [3.8, 4) is 0 Å². The summed E-state index contributed by atoms with van der Waals surface area (Å²) in [5.74, 6) is -9.13. The predicted octanol–water partition coefficient (Wildman–Crippen LogP) is 0.0507. The first-order valence-electron chi connectivity index (χ1n) is 4.11. The lowest BCUT2D eigenvalue weighted by molar-refractivity contribution is -0.632. The van der Waals surface area contributed by atoms with E-state index in [9.17, 15) is 22.0 Å². The number of hydrogen-bond acceptors (Lipinski definition) is 0. The number of benzene rings is 1. The lowest BCUT2D eigenvalue weighted by atomic mass is 10.3. The van der Waals surface area contributed by atoms with Crippen molar-refractivity contribution in [1.29, 1.82) is 0 Å². The highest BCUT2D eigenvalue weighted by Gasteiger charge is 2.33. The van der Waals surface area contributed by atoms with E-state index in [-0.39, 0.29) is 0 Å². The van der Waals surface area contributed by atoms with Crippen LogP contribution in [-0.2, 0) is 0 Å². The van der Waals surface area contributed by atoms with Gasteiger partial charge < -0.3 is 0 Å². The summed E-state index contributed by atoms with van der Waals surface area (Å²) in [5.41, 5.74) is 0. The Bertz CT molecular complexity index is 348. The average molecular weight is 337 g/mol. The molecule has 0 nitrogen and oxygen atoms in total. The van der Waals surface area contributed by atoms with Crippen LogP contribution in [0.25, 0.3) is 0 Å². The van der Waals surface area contributed by atoms with Gasteiger partial charge in [-0.1, -0.05) is 6.92 Å². The minimum atomic E-state index is -2.09. The monoisotopic (exact) mass is 337 g/mol. The van der Waals surface area contributed by atoms with Crippen LogP contribution in [0, 0.1) is 32.7 Å². The molecule has 0 unspecified atom stereocenters. The minimum absolute atomic E-state index is 0.483. The molecule has 0 N–H and O–H groups in total. The van der Waals surface area contributed by atoms with Gasteiger partial charge in [-0.2, -0.15) is 8.78 Å². The van der Waals surface area contributed by atoms with Crippen LogP contribution in [0.1, 0.15) is 13.3 Å². The van der Waals surface area contributed by atoms with Crippen LogP contribution < -0.4 is 21.2 Å². The maximum atomic E-state index is 13.0. The molecule has 15 heavy (non-hydrogen) atoms. The standard InChI is InChI=1S/C9H7F5I/c1-2-3-15-9-7(13)5(11)4(10)6(12)8(9)14/h2-3H2,1H3/q+1. The van der Waals surface area contributed by atoms with E-state index >= 15 is 0 Å². The maximum absolute atomic E-state index is 13.0. The summed E-state index contributed by atoms with van der Waals surface area (Å²) in [6, 6.07) is 0. The molecule has 0 radical (unpaired) electrons. The van der Waals surface area contributed by atoms with Crippen LogP contribution in [0.4, 0.5) is 22.0 Å². The number of halogens is 6. The molecule has 1 rings (SSSR count). The average Bonchev–Trinajstić information content (AvgIpc) is 2.24. The first-order chi connectivity index (χ1) is 7.00. The maximum Gasteiger partial charge on any atom is 0.319 e. The fraction of sp³-hybridized carbons (Fsp3) is 0.333. The summed E-state index contributed by atoms with van der Waals surface area (Å²) < 4.78 is 63.9. The summed E-state index contributed by atoms with van der Waals surface area (Å²) in [4.78, 5) is 0. The van der Waals surface area contributed by atoms with Crippen molar-refractivity contribution in [2.75, 3.05) is 4.43 Å². The molecule has 0 bridgehead atoms. The summed E-state index contributed by atoms with van der Waals surface area (Å²) in [5, 5.41) is 0. The van der Waals surface area contributed by atoms with Crippen LogP contribution in [0.15, 0.2) is 0 Å². The third-order valence-corrected chi connectivity index (χ3v) is 4.90. The number of alkyl halides is 1. The first-order valence-corrected chi connectivity index (χ1v) is 6.71. The molecule has 6 heteroatoms. The molecule has 0 aliphatic rings. The van der Waals surface area contributed by atoms with Crippen LogP contribution >= 0.6 is 0 Å². The zero-order chi connectivity index (χ0) is 11.6. The van der Waals surface area contributed by atoms with Crippen molar-refractivity contribution in [1.82, 2.24) is 0 Å². The second-order valence-electron chi connectivity index (χ2n) is 2.71. The molecular formula is C9H7F5I+. The topological polar surface area (TPSA) is 0 Å². The molecule has 0 fully saturated rings. The Morgan fingerprint density at radius 3 is 1.60 bits per heavy atom. The smallest absolute Gasteiger partial charge is 0.200 e. The Morgan fingerprint density at radius 2 is 1.20 bits per heavy atom. The summed E-state index contributed by atoms with van der Waals surface area (Å²) in [7, 11) is 0. The van der Waals surface area contributed by atoms with Gasteiger partial charge in [-0.05, 0) is 6.42 Å². The lowest BCUT2D eigenvalue weighted by Gasteiger charge is -1.98. The molecule has 0 spiro atoms. The second kappa shape index (κ2) is 5.09. The van der Waals surface area contributed by atoms with E-state index in [1.807, 2.05) is 0 Å². The highest BCUT2D eigenvalue weighted by atomic mass is 127. The SMILES string of the molecule is CCC[I+]c1c(F)c(F)c(F)c(F)c1F. The van der Waals surface area contributed by atoms with Gasteiger partial charge in [-0.25, -0.2) is 13.2 Å². The Balaban J connectivity index is 3.26. The molecule has 0 amide bonds. The predicted molar refractivity (Wildman–Crippen MR) is 40.1 cm³/mol. The van der Waals surface area contributed by atoms with Crippen molar-refractivity contribution in [2.45, 2.75) is 13.3 Å². The molecule has 1 aromatic rings. The van der Waals surface area contributed by atoms with E-state index in [4.69, 9.17) is 0 Å². The normalized spacial score (nSPS) is 10.8. The van der Waals surface area contributed by atoms with Crippen molar-refractivity contribution >= 4 is 0 Å². The van der Waals surface area contributed by atoms with E-state index in [2.05, 4.69) is 0 Å². The quantitative estimate of drug-likeness (QED) is 0.241. The molecule has 0 aromatic heterocycles.